The third kappa shape index (κ3) is 5.31. The number of nitrogens with zero attached hydrogens (tertiary/aromatic N) is 1. The van der Waals surface area contributed by atoms with Gasteiger partial charge in [-0.2, -0.15) is 0 Å². The SMILES string of the molecule is O=C(Cc1cccnc1)NCCCCc1ccc(Cl)s1. The first-order chi connectivity index (χ1) is 9.74. The highest BCUT2D eigenvalue weighted by Crippen LogP contribution is 2.22. The van der Waals surface area contributed by atoms with Crippen molar-refractivity contribution < 1.29 is 4.79 Å². The molecule has 0 unspecified atom stereocenters. The first kappa shape index (κ1) is 15.0. The number of carbonyl (C=O) groups excluding carboxylic acids is 1. The lowest BCUT2D eigenvalue weighted by Gasteiger charge is -2.04. The summed E-state index contributed by atoms with van der Waals surface area (Å²) in [6.07, 6.45) is 6.89. The fourth-order valence-electron chi connectivity index (χ4n) is 1.89. The van der Waals surface area contributed by atoms with Crippen molar-refractivity contribution in [1.29, 1.82) is 0 Å². The molecule has 0 radical (unpaired) electrons. The first-order valence-corrected chi connectivity index (χ1v) is 7.83. The van der Waals surface area contributed by atoms with E-state index in [0.717, 1.165) is 35.7 Å². The zero-order valence-corrected chi connectivity index (χ0v) is 12.7. The minimum Gasteiger partial charge on any atom is -0.356 e. The maximum absolute atomic E-state index is 11.7. The van der Waals surface area contributed by atoms with Crippen LogP contribution in [0.4, 0.5) is 0 Å². The van der Waals surface area contributed by atoms with Crippen LogP contribution >= 0.6 is 22.9 Å². The van der Waals surface area contributed by atoms with Gasteiger partial charge in [-0.3, -0.25) is 9.78 Å². The number of thiophene rings is 1. The van der Waals surface area contributed by atoms with Gasteiger partial charge in [-0.1, -0.05) is 17.7 Å². The number of halogens is 1. The normalized spacial score (nSPS) is 10.4. The standard InChI is InChI=1S/C15H17ClN2OS/c16-14-7-6-13(20-14)5-1-2-9-18-15(19)10-12-4-3-8-17-11-12/h3-4,6-8,11H,1-2,5,9-10H2,(H,18,19). The number of carbonyl (C=O) groups is 1. The first-order valence-electron chi connectivity index (χ1n) is 6.64. The van der Waals surface area contributed by atoms with Gasteiger partial charge in [0.2, 0.25) is 5.91 Å². The molecule has 0 saturated heterocycles. The molecule has 2 aromatic rings. The monoisotopic (exact) mass is 308 g/mol. The average Bonchev–Trinajstić information content (AvgIpc) is 2.85. The van der Waals surface area contributed by atoms with Gasteiger partial charge in [-0.25, -0.2) is 0 Å². The van der Waals surface area contributed by atoms with Gasteiger partial charge in [0.25, 0.3) is 0 Å². The van der Waals surface area contributed by atoms with Crippen molar-refractivity contribution in [1.82, 2.24) is 10.3 Å². The summed E-state index contributed by atoms with van der Waals surface area (Å²) in [7, 11) is 0. The molecule has 3 nitrogen and oxygen atoms in total. The van der Waals surface area contributed by atoms with E-state index in [-0.39, 0.29) is 5.91 Å². The quantitative estimate of drug-likeness (QED) is 0.796. The fourth-order valence-corrected chi connectivity index (χ4v) is 3.02. The molecule has 2 heterocycles. The van der Waals surface area contributed by atoms with Crippen LogP contribution in [-0.4, -0.2) is 17.4 Å². The highest BCUT2D eigenvalue weighted by molar-refractivity contribution is 7.16. The van der Waals surface area contributed by atoms with Crippen molar-refractivity contribution in [3.05, 3.63) is 51.4 Å². The number of rotatable bonds is 7. The molecule has 0 saturated carbocycles. The van der Waals surface area contributed by atoms with Crippen LogP contribution in [0.25, 0.3) is 0 Å². The summed E-state index contributed by atoms with van der Waals surface area (Å²) in [6.45, 7) is 0.720. The van der Waals surface area contributed by atoms with E-state index >= 15 is 0 Å². The predicted molar refractivity (Wildman–Crippen MR) is 83.2 cm³/mol. The van der Waals surface area contributed by atoms with Crippen molar-refractivity contribution in [2.45, 2.75) is 25.7 Å². The largest absolute Gasteiger partial charge is 0.356 e. The summed E-state index contributed by atoms with van der Waals surface area (Å²) in [5.74, 6) is 0.0529. The number of unbranched alkanes of at least 4 members (excludes halogenated alkanes) is 1. The lowest BCUT2D eigenvalue weighted by Crippen LogP contribution is -2.26. The minimum absolute atomic E-state index is 0.0529. The van der Waals surface area contributed by atoms with Gasteiger partial charge in [0.15, 0.2) is 0 Å². The lowest BCUT2D eigenvalue weighted by molar-refractivity contribution is -0.120. The molecule has 1 amide bonds. The van der Waals surface area contributed by atoms with E-state index < -0.39 is 0 Å². The van der Waals surface area contributed by atoms with Crippen LogP contribution in [0.5, 0.6) is 0 Å². The van der Waals surface area contributed by atoms with E-state index in [9.17, 15) is 4.79 Å². The second kappa shape index (κ2) is 8.02. The van der Waals surface area contributed by atoms with Crippen LogP contribution in [0.1, 0.15) is 23.3 Å². The smallest absolute Gasteiger partial charge is 0.224 e. The molecule has 1 N–H and O–H groups in total. The van der Waals surface area contributed by atoms with E-state index in [1.54, 1.807) is 23.7 Å². The van der Waals surface area contributed by atoms with Gasteiger partial charge >= 0.3 is 0 Å². The molecule has 0 aliphatic carbocycles. The van der Waals surface area contributed by atoms with Crippen molar-refractivity contribution in [3.8, 4) is 0 Å². The summed E-state index contributed by atoms with van der Waals surface area (Å²) < 4.78 is 0.838. The Morgan fingerprint density at radius 2 is 2.20 bits per heavy atom. The second-order valence-corrected chi connectivity index (χ2v) is 6.35. The number of pyridine rings is 1. The average molecular weight is 309 g/mol. The zero-order chi connectivity index (χ0) is 14.2. The molecular weight excluding hydrogens is 292 g/mol. The Kier molecular flexibility index (Phi) is 6.02. The summed E-state index contributed by atoms with van der Waals surface area (Å²) in [4.78, 5) is 17.0. The van der Waals surface area contributed by atoms with E-state index in [0.29, 0.717) is 6.42 Å². The molecule has 5 heteroatoms. The molecule has 0 aliphatic rings. The fraction of sp³-hybridized carbons (Fsp3) is 0.333. The number of aromatic nitrogens is 1. The minimum atomic E-state index is 0.0529. The van der Waals surface area contributed by atoms with Gasteiger partial charge in [-0.15, -0.1) is 11.3 Å². The molecule has 0 fully saturated rings. The van der Waals surface area contributed by atoms with Gasteiger partial charge in [0.1, 0.15) is 0 Å². The molecule has 0 atom stereocenters. The maximum atomic E-state index is 11.7. The Labute approximate surface area is 128 Å². The Balaban J connectivity index is 1.58. The van der Waals surface area contributed by atoms with Crippen molar-refractivity contribution in [2.75, 3.05) is 6.54 Å². The number of hydrogen-bond acceptors (Lipinski definition) is 3. The summed E-state index contributed by atoms with van der Waals surface area (Å²) >= 11 is 7.50. The van der Waals surface area contributed by atoms with Crippen LogP contribution in [0.3, 0.4) is 0 Å². The number of hydrogen-bond donors (Lipinski definition) is 1. The Hall–Kier alpha value is -1.39. The molecule has 0 spiro atoms. The molecule has 106 valence electrons. The van der Waals surface area contributed by atoms with E-state index in [1.165, 1.54) is 4.88 Å². The van der Waals surface area contributed by atoms with Crippen LogP contribution in [0.2, 0.25) is 4.34 Å². The van der Waals surface area contributed by atoms with Gasteiger partial charge in [0.05, 0.1) is 10.8 Å². The Morgan fingerprint density at radius 1 is 1.30 bits per heavy atom. The van der Waals surface area contributed by atoms with Gasteiger partial charge in [-0.05, 0) is 43.0 Å². The topological polar surface area (TPSA) is 42.0 Å². The summed E-state index contributed by atoms with van der Waals surface area (Å²) in [6, 6.07) is 7.74. The maximum Gasteiger partial charge on any atom is 0.224 e. The molecule has 0 aromatic carbocycles. The summed E-state index contributed by atoms with van der Waals surface area (Å²) in [5.41, 5.74) is 0.943. The van der Waals surface area contributed by atoms with E-state index in [2.05, 4.69) is 16.4 Å². The molecule has 0 bridgehead atoms. The zero-order valence-electron chi connectivity index (χ0n) is 11.1. The highest BCUT2D eigenvalue weighted by Gasteiger charge is 2.03. The number of aryl methyl sites for hydroxylation is 1. The highest BCUT2D eigenvalue weighted by atomic mass is 35.5. The van der Waals surface area contributed by atoms with Crippen molar-refractivity contribution >= 4 is 28.8 Å². The molecule has 20 heavy (non-hydrogen) atoms. The summed E-state index contributed by atoms with van der Waals surface area (Å²) in [5, 5.41) is 2.93. The van der Waals surface area contributed by atoms with Crippen LogP contribution < -0.4 is 5.32 Å². The van der Waals surface area contributed by atoms with Crippen LogP contribution in [-0.2, 0) is 17.6 Å². The second-order valence-electron chi connectivity index (χ2n) is 4.55. The van der Waals surface area contributed by atoms with Gasteiger partial charge < -0.3 is 5.32 Å². The molecule has 0 aliphatic heterocycles. The Morgan fingerprint density at radius 3 is 2.90 bits per heavy atom. The Bertz CT molecular complexity index is 542. The third-order valence-electron chi connectivity index (χ3n) is 2.89. The predicted octanol–water partition coefficient (Wildman–Crippen LogP) is 3.48. The molecular formula is C15H17ClN2OS. The van der Waals surface area contributed by atoms with Crippen LogP contribution in [0.15, 0.2) is 36.7 Å². The van der Waals surface area contributed by atoms with Crippen LogP contribution in [0, 0.1) is 0 Å². The third-order valence-corrected chi connectivity index (χ3v) is 4.18. The lowest BCUT2D eigenvalue weighted by atomic mass is 10.2. The van der Waals surface area contributed by atoms with E-state index in [1.807, 2.05) is 18.2 Å². The molecule has 2 rings (SSSR count). The van der Waals surface area contributed by atoms with Crippen molar-refractivity contribution in [2.24, 2.45) is 0 Å². The number of nitrogens with one attached hydrogen (secondary N) is 1. The van der Waals surface area contributed by atoms with Crippen molar-refractivity contribution in [3.63, 3.8) is 0 Å². The number of amides is 1. The van der Waals surface area contributed by atoms with Gasteiger partial charge in [0, 0.05) is 23.8 Å². The molecule has 2 aromatic heterocycles. The van der Waals surface area contributed by atoms with E-state index in [4.69, 9.17) is 11.6 Å².